The Bertz CT molecular complexity index is 503. The predicted octanol–water partition coefficient (Wildman–Crippen LogP) is 2.04. The molecule has 1 saturated heterocycles. The van der Waals surface area contributed by atoms with Gasteiger partial charge in [0.15, 0.2) is 5.82 Å². The zero-order chi connectivity index (χ0) is 14.3. The number of alkyl halides is 3. The molecule has 110 valence electrons. The highest BCUT2D eigenvalue weighted by molar-refractivity contribution is 5.68. The van der Waals surface area contributed by atoms with Crippen molar-refractivity contribution >= 4 is 11.5 Å². The fourth-order valence-corrected chi connectivity index (χ4v) is 2.88. The van der Waals surface area contributed by atoms with E-state index in [4.69, 9.17) is 0 Å². The SMILES string of the molecule is CN1CCN2c3ncc(C(F)(F)F)cc3NCC[C@H]2C1. The highest BCUT2D eigenvalue weighted by Crippen LogP contribution is 2.36. The average molecular weight is 286 g/mol. The van der Waals surface area contributed by atoms with Crippen LogP contribution >= 0.6 is 0 Å². The molecule has 7 heteroatoms. The molecule has 20 heavy (non-hydrogen) atoms. The van der Waals surface area contributed by atoms with Crippen LogP contribution in [0.25, 0.3) is 0 Å². The number of nitrogens with one attached hydrogen (secondary N) is 1. The highest BCUT2D eigenvalue weighted by atomic mass is 19.4. The molecule has 1 aromatic rings. The number of hydrogen-bond donors (Lipinski definition) is 1. The van der Waals surface area contributed by atoms with Crippen molar-refractivity contribution in [3.63, 3.8) is 0 Å². The lowest BCUT2D eigenvalue weighted by Crippen LogP contribution is -2.52. The maximum atomic E-state index is 12.8. The van der Waals surface area contributed by atoms with E-state index in [1.165, 1.54) is 6.07 Å². The fraction of sp³-hybridized carbons (Fsp3) is 0.615. The number of anilines is 2. The van der Waals surface area contributed by atoms with Gasteiger partial charge in [-0.05, 0) is 19.5 Å². The van der Waals surface area contributed by atoms with E-state index in [1.807, 2.05) is 0 Å². The van der Waals surface area contributed by atoms with Crippen LogP contribution in [0.2, 0.25) is 0 Å². The van der Waals surface area contributed by atoms with Crippen LogP contribution in [0.3, 0.4) is 0 Å². The molecule has 0 aliphatic carbocycles. The number of fused-ring (bicyclic) bond motifs is 3. The van der Waals surface area contributed by atoms with Crippen molar-refractivity contribution in [3.05, 3.63) is 17.8 Å². The van der Waals surface area contributed by atoms with Gasteiger partial charge in [0.2, 0.25) is 0 Å². The first-order valence-electron chi connectivity index (χ1n) is 6.71. The summed E-state index contributed by atoms with van der Waals surface area (Å²) in [5, 5.41) is 3.09. The van der Waals surface area contributed by atoms with E-state index in [1.54, 1.807) is 0 Å². The molecule has 0 spiro atoms. The van der Waals surface area contributed by atoms with E-state index in [0.717, 1.165) is 32.3 Å². The summed E-state index contributed by atoms with van der Waals surface area (Å²) in [5.41, 5.74) is -0.205. The number of pyridine rings is 1. The molecule has 3 heterocycles. The van der Waals surface area contributed by atoms with Crippen molar-refractivity contribution in [1.82, 2.24) is 9.88 Å². The summed E-state index contributed by atoms with van der Waals surface area (Å²) in [6.07, 6.45) is -2.51. The monoisotopic (exact) mass is 286 g/mol. The molecule has 0 aromatic carbocycles. The number of hydrogen-bond acceptors (Lipinski definition) is 4. The molecule has 2 aliphatic rings. The van der Waals surface area contributed by atoms with E-state index in [9.17, 15) is 13.2 Å². The number of nitrogens with zero attached hydrogens (tertiary/aromatic N) is 3. The van der Waals surface area contributed by atoms with Crippen LogP contribution in [-0.4, -0.2) is 49.2 Å². The normalized spacial score (nSPS) is 23.6. The Labute approximate surface area is 115 Å². The summed E-state index contributed by atoms with van der Waals surface area (Å²) in [6.45, 7) is 3.29. The van der Waals surface area contributed by atoms with Crippen LogP contribution in [0.4, 0.5) is 24.7 Å². The lowest BCUT2D eigenvalue weighted by Gasteiger charge is -2.40. The summed E-state index contributed by atoms with van der Waals surface area (Å²) in [5.74, 6) is 0.647. The summed E-state index contributed by atoms with van der Waals surface area (Å²) in [7, 11) is 2.07. The zero-order valence-corrected chi connectivity index (χ0v) is 11.2. The second-order valence-electron chi connectivity index (χ2n) is 5.42. The maximum Gasteiger partial charge on any atom is 0.417 e. The molecule has 1 aromatic heterocycles. The molecule has 0 radical (unpaired) electrons. The van der Waals surface area contributed by atoms with Gasteiger partial charge in [-0.15, -0.1) is 0 Å². The van der Waals surface area contributed by atoms with Crippen molar-refractivity contribution in [1.29, 1.82) is 0 Å². The van der Waals surface area contributed by atoms with E-state index < -0.39 is 11.7 Å². The standard InChI is InChI=1S/C13H17F3N4/c1-19-4-5-20-10(8-19)2-3-17-11-6-9(13(14,15)16)7-18-12(11)20/h6-7,10,17H,2-5,8H2,1H3/t10-/m0/s1. The van der Waals surface area contributed by atoms with Gasteiger partial charge in [-0.25, -0.2) is 4.98 Å². The molecule has 1 fully saturated rings. The van der Waals surface area contributed by atoms with Crippen LogP contribution in [-0.2, 0) is 6.18 Å². The molecule has 3 rings (SSSR count). The van der Waals surface area contributed by atoms with Gasteiger partial charge in [0.05, 0.1) is 11.3 Å². The van der Waals surface area contributed by atoms with Crippen molar-refractivity contribution in [3.8, 4) is 0 Å². The van der Waals surface area contributed by atoms with Crippen molar-refractivity contribution in [2.24, 2.45) is 0 Å². The molecule has 0 saturated carbocycles. The molecule has 2 aliphatic heterocycles. The Kier molecular flexibility index (Phi) is 3.24. The van der Waals surface area contributed by atoms with Gasteiger partial charge < -0.3 is 15.1 Å². The lowest BCUT2D eigenvalue weighted by molar-refractivity contribution is -0.137. The van der Waals surface area contributed by atoms with Gasteiger partial charge in [-0.1, -0.05) is 0 Å². The van der Waals surface area contributed by atoms with E-state index in [-0.39, 0.29) is 0 Å². The van der Waals surface area contributed by atoms with Crippen LogP contribution in [0.1, 0.15) is 12.0 Å². The Morgan fingerprint density at radius 1 is 1.35 bits per heavy atom. The Morgan fingerprint density at radius 2 is 2.15 bits per heavy atom. The Balaban J connectivity index is 1.96. The number of piperazine rings is 1. The minimum atomic E-state index is -4.35. The summed E-state index contributed by atoms with van der Waals surface area (Å²) in [4.78, 5) is 8.46. The third-order valence-corrected chi connectivity index (χ3v) is 3.94. The van der Waals surface area contributed by atoms with Gasteiger partial charge in [-0.2, -0.15) is 13.2 Å². The van der Waals surface area contributed by atoms with Crippen LogP contribution < -0.4 is 10.2 Å². The largest absolute Gasteiger partial charge is 0.417 e. The summed E-state index contributed by atoms with van der Waals surface area (Å²) < 4.78 is 38.3. The topological polar surface area (TPSA) is 31.4 Å². The first-order valence-corrected chi connectivity index (χ1v) is 6.71. The van der Waals surface area contributed by atoms with Crippen LogP contribution in [0, 0.1) is 0 Å². The Morgan fingerprint density at radius 3 is 2.90 bits per heavy atom. The average Bonchev–Trinajstić information content (AvgIpc) is 2.55. The number of rotatable bonds is 0. The van der Waals surface area contributed by atoms with Gasteiger partial charge in [0, 0.05) is 38.4 Å². The molecule has 0 amide bonds. The molecule has 0 unspecified atom stereocenters. The van der Waals surface area contributed by atoms with E-state index >= 15 is 0 Å². The second-order valence-corrected chi connectivity index (χ2v) is 5.42. The van der Waals surface area contributed by atoms with Crippen LogP contribution in [0.5, 0.6) is 0 Å². The van der Waals surface area contributed by atoms with E-state index in [0.29, 0.717) is 24.1 Å². The highest BCUT2D eigenvalue weighted by Gasteiger charge is 2.34. The molecule has 4 nitrogen and oxygen atoms in total. The zero-order valence-electron chi connectivity index (χ0n) is 11.2. The lowest BCUT2D eigenvalue weighted by atomic mass is 10.1. The Hall–Kier alpha value is -1.50. The minimum absolute atomic E-state index is 0.312. The summed E-state index contributed by atoms with van der Waals surface area (Å²) >= 11 is 0. The number of halogens is 3. The molecule has 0 bridgehead atoms. The fourth-order valence-electron chi connectivity index (χ4n) is 2.88. The number of likely N-dealkylation sites (N-methyl/N-ethyl adjacent to an activating group) is 1. The van der Waals surface area contributed by atoms with Crippen molar-refractivity contribution < 1.29 is 13.2 Å². The van der Waals surface area contributed by atoms with Crippen molar-refractivity contribution in [2.75, 3.05) is 43.4 Å². The third-order valence-electron chi connectivity index (χ3n) is 3.94. The predicted molar refractivity (Wildman–Crippen MR) is 71.0 cm³/mol. The maximum absolute atomic E-state index is 12.8. The molecular weight excluding hydrogens is 269 g/mol. The first-order chi connectivity index (χ1) is 9.45. The second kappa shape index (κ2) is 4.80. The van der Waals surface area contributed by atoms with Gasteiger partial charge in [-0.3, -0.25) is 0 Å². The van der Waals surface area contributed by atoms with Crippen LogP contribution in [0.15, 0.2) is 12.3 Å². The smallest absolute Gasteiger partial charge is 0.382 e. The van der Waals surface area contributed by atoms with E-state index in [2.05, 4.69) is 27.1 Å². The van der Waals surface area contributed by atoms with Gasteiger partial charge >= 0.3 is 6.18 Å². The first kappa shape index (κ1) is 13.5. The minimum Gasteiger partial charge on any atom is -0.382 e. The van der Waals surface area contributed by atoms with Crippen molar-refractivity contribution in [2.45, 2.75) is 18.6 Å². The third kappa shape index (κ3) is 2.42. The molecular formula is C13H17F3N4. The number of aromatic nitrogens is 1. The van der Waals surface area contributed by atoms with Gasteiger partial charge in [0.25, 0.3) is 0 Å². The molecule has 1 atom stereocenters. The quantitative estimate of drug-likeness (QED) is 0.791. The van der Waals surface area contributed by atoms with Gasteiger partial charge in [0.1, 0.15) is 0 Å². The molecule has 1 N–H and O–H groups in total. The summed E-state index contributed by atoms with van der Waals surface area (Å²) in [6, 6.07) is 1.48.